The lowest BCUT2D eigenvalue weighted by atomic mass is 10.0. The normalized spacial score (nSPS) is 12.9. The molecule has 2 atom stereocenters. The second kappa shape index (κ2) is 12.1. The summed E-state index contributed by atoms with van der Waals surface area (Å²) in [6.45, 7) is 3.74. The van der Waals surface area contributed by atoms with Crippen LogP contribution in [0.3, 0.4) is 0 Å². The molecule has 38 heavy (non-hydrogen) atoms. The molecule has 4 aromatic rings. The molecule has 200 valence electrons. The molecule has 1 N–H and O–H groups in total. The third-order valence-corrected chi connectivity index (χ3v) is 6.42. The van der Waals surface area contributed by atoms with Gasteiger partial charge in [-0.2, -0.15) is 0 Å². The average molecular weight is 540 g/mol. The second-order valence-electron chi connectivity index (χ2n) is 8.47. The Kier molecular flexibility index (Phi) is 8.61. The number of methoxy groups -OCH3 is 3. The monoisotopic (exact) mass is 539 g/mol. The SMILES string of the molecule is COc1cccc(OC)c1-n1c(C[C@@H](N[SH](=O)=O)[C@@H](OC)c2cnc(C)cn2)nnc1-c1cncc(C)c1. The molecule has 0 amide bonds. The number of hydrogen-bond donors (Lipinski definition) is 2. The molecule has 3 heterocycles. The van der Waals surface area contributed by atoms with Gasteiger partial charge in [-0.05, 0) is 37.6 Å². The van der Waals surface area contributed by atoms with Crippen molar-refractivity contribution < 1.29 is 22.6 Å². The number of aromatic nitrogens is 6. The summed E-state index contributed by atoms with van der Waals surface area (Å²) in [6.07, 6.45) is 5.92. The zero-order valence-corrected chi connectivity index (χ0v) is 22.5. The van der Waals surface area contributed by atoms with Crippen molar-refractivity contribution in [3.8, 4) is 28.6 Å². The van der Waals surface area contributed by atoms with Crippen LogP contribution in [-0.2, 0) is 22.0 Å². The van der Waals surface area contributed by atoms with Crippen molar-refractivity contribution >= 4 is 10.9 Å². The van der Waals surface area contributed by atoms with Crippen molar-refractivity contribution in [1.82, 2.24) is 34.4 Å². The lowest BCUT2D eigenvalue weighted by molar-refractivity contribution is 0.0709. The Morgan fingerprint density at radius 2 is 1.71 bits per heavy atom. The highest BCUT2D eigenvalue weighted by Crippen LogP contribution is 2.37. The molecule has 0 bridgehead atoms. The summed E-state index contributed by atoms with van der Waals surface area (Å²) in [6, 6.07) is 6.55. The Hall–Kier alpha value is -3.94. The lowest BCUT2D eigenvalue weighted by Crippen LogP contribution is -2.38. The highest BCUT2D eigenvalue weighted by atomic mass is 32.2. The fourth-order valence-corrected chi connectivity index (χ4v) is 4.69. The molecule has 0 unspecified atom stereocenters. The summed E-state index contributed by atoms with van der Waals surface area (Å²) in [4.78, 5) is 13.0. The standard InChI is InChI=1S/C25H29N7O5S/c1-15-9-17(13-26-11-15)25-30-29-22(32(25)23-20(35-3)7-6-8-21(23)36-4)10-18(31-38(33)34)24(37-5)19-14-27-16(2)12-28-19/h6-9,11-14,18,24,38H,10H2,1-5H3,(H,31,33,34)/t18-,24-/m1/s1. The molecule has 13 heteroatoms. The van der Waals surface area contributed by atoms with Crippen molar-refractivity contribution in [2.24, 2.45) is 0 Å². The Morgan fingerprint density at radius 3 is 2.29 bits per heavy atom. The average Bonchev–Trinajstić information content (AvgIpc) is 3.32. The van der Waals surface area contributed by atoms with Gasteiger partial charge in [0.1, 0.15) is 29.1 Å². The van der Waals surface area contributed by atoms with Gasteiger partial charge in [-0.15, -0.1) is 10.2 Å². The lowest BCUT2D eigenvalue weighted by Gasteiger charge is -2.25. The fraction of sp³-hybridized carbons (Fsp3) is 0.320. The minimum atomic E-state index is -2.99. The van der Waals surface area contributed by atoms with Gasteiger partial charge in [0.05, 0.1) is 37.8 Å². The van der Waals surface area contributed by atoms with Gasteiger partial charge in [0.25, 0.3) is 0 Å². The number of benzene rings is 1. The second-order valence-corrected chi connectivity index (χ2v) is 9.25. The van der Waals surface area contributed by atoms with Gasteiger partial charge < -0.3 is 14.2 Å². The van der Waals surface area contributed by atoms with Gasteiger partial charge in [-0.3, -0.25) is 19.5 Å². The molecule has 0 aliphatic rings. The van der Waals surface area contributed by atoms with E-state index in [2.05, 4.69) is 29.9 Å². The van der Waals surface area contributed by atoms with Crippen molar-refractivity contribution in [3.05, 3.63) is 71.8 Å². The van der Waals surface area contributed by atoms with E-state index in [9.17, 15) is 8.42 Å². The maximum absolute atomic E-state index is 11.9. The summed E-state index contributed by atoms with van der Waals surface area (Å²) in [5.41, 5.74) is 3.40. The van der Waals surface area contributed by atoms with Crippen LogP contribution >= 0.6 is 0 Å². The van der Waals surface area contributed by atoms with Gasteiger partial charge in [-0.1, -0.05) is 6.07 Å². The van der Waals surface area contributed by atoms with Gasteiger partial charge in [0.2, 0.25) is 10.9 Å². The highest BCUT2D eigenvalue weighted by molar-refractivity contribution is 7.70. The molecule has 1 aromatic carbocycles. The first-order valence-electron chi connectivity index (χ1n) is 11.7. The summed E-state index contributed by atoms with van der Waals surface area (Å²) in [7, 11) is 1.60. The molecule has 0 fully saturated rings. The van der Waals surface area contributed by atoms with Crippen molar-refractivity contribution in [2.75, 3.05) is 21.3 Å². The molecule has 0 aliphatic carbocycles. The molecular formula is C25H29N7O5S. The Morgan fingerprint density at radius 1 is 0.974 bits per heavy atom. The van der Waals surface area contributed by atoms with E-state index in [4.69, 9.17) is 14.2 Å². The first kappa shape index (κ1) is 27.1. The number of rotatable bonds is 11. The predicted octanol–water partition coefficient (Wildman–Crippen LogP) is 2.17. The first-order valence-corrected chi connectivity index (χ1v) is 12.8. The van der Waals surface area contributed by atoms with E-state index >= 15 is 0 Å². The van der Waals surface area contributed by atoms with Crippen molar-refractivity contribution in [2.45, 2.75) is 32.4 Å². The fourth-order valence-electron chi connectivity index (χ4n) is 4.19. The summed E-state index contributed by atoms with van der Waals surface area (Å²) in [5, 5.41) is 8.94. The smallest absolute Gasteiger partial charge is 0.201 e. The van der Waals surface area contributed by atoms with Gasteiger partial charge in [0, 0.05) is 37.7 Å². The molecule has 12 nitrogen and oxygen atoms in total. The third kappa shape index (κ3) is 5.79. The number of nitrogens with zero attached hydrogens (tertiary/aromatic N) is 6. The Bertz CT molecular complexity index is 1440. The molecule has 0 spiro atoms. The minimum Gasteiger partial charge on any atom is -0.494 e. The Labute approximate surface area is 222 Å². The third-order valence-electron chi connectivity index (χ3n) is 5.87. The number of aryl methyl sites for hydroxylation is 2. The van der Waals surface area contributed by atoms with E-state index in [1.807, 2.05) is 26.0 Å². The highest BCUT2D eigenvalue weighted by Gasteiger charge is 2.30. The van der Waals surface area contributed by atoms with Crippen LogP contribution in [0.5, 0.6) is 11.5 Å². The first-order chi connectivity index (χ1) is 18.4. The molecule has 0 saturated heterocycles. The van der Waals surface area contributed by atoms with Gasteiger partial charge >= 0.3 is 0 Å². The molecule has 4 rings (SSSR count). The number of thiol groups is 1. The maximum Gasteiger partial charge on any atom is 0.201 e. The zero-order chi connectivity index (χ0) is 27.2. The number of para-hydroxylation sites is 1. The molecular weight excluding hydrogens is 510 g/mol. The van der Waals surface area contributed by atoms with Crippen LogP contribution in [0.2, 0.25) is 0 Å². The van der Waals surface area contributed by atoms with E-state index in [-0.39, 0.29) is 6.42 Å². The number of hydrogen-bond acceptors (Lipinski definition) is 10. The zero-order valence-electron chi connectivity index (χ0n) is 21.7. The molecule has 0 radical (unpaired) electrons. The topological polar surface area (TPSA) is 143 Å². The summed E-state index contributed by atoms with van der Waals surface area (Å²) in [5.74, 6) is 1.94. The van der Waals surface area contributed by atoms with Crippen molar-refractivity contribution in [1.29, 1.82) is 0 Å². The molecule has 0 saturated carbocycles. The maximum atomic E-state index is 11.9. The van der Waals surface area contributed by atoms with E-state index < -0.39 is 23.0 Å². The summed E-state index contributed by atoms with van der Waals surface area (Å²) < 4.78 is 45.2. The van der Waals surface area contributed by atoms with Gasteiger partial charge in [0.15, 0.2) is 5.82 Å². The predicted molar refractivity (Wildman–Crippen MR) is 140 cm³/mol. The van der Waals surface area contributed by atoms with Crippen LogP contribution in [0.4, 0.5) is 0 Å². The van der Waals surface area contributed by atoms with Crippen LogP contribution in [0, 0.1) is 13.8 Å². The molecule has 0 aliphatic heterocycles. The molecule has 3 aromatic heterocycles. The van der Waals surface area contributed by atoms with E-state index in [0.29, 0.717) is 40.1 Å². The summed E-state index contributed by atoms with van der Waals surface area (Å²) >= 11 is 0. The number of pyridine rings is 1. The van der Waals surface area contributed by atoms with E-state index in [1.165, 1.54) is 7.11 Å². The quantitative estimate of drug-likeness (QED) is 0.272. The van der Waals surface area contributed by atoms with Crippen LogP contribution in [0.25, 0.3) is 17.1 Å². The van der Waals surface area contributed by atoms with E-state index in [0.717, 1.165) is 11.3 Å². The van der Waals surface area contributed by atoms with Crippen LogP contribution < -0.4 is 14.2 Å². The minimum absolute atomic E-state index is 0.0881. The van der Waals surface area contributed by atoms with Gasteiger partial charge in [-0.25, -0.2) is 13.1 Å². The van der Waals surface area contributed by atoms with Crippen LogP contribution in [-0.4, -0.2) is 65.5 Å². The Balaban J connectivity index is 1.90. The van der Waals surface area contributed by atoms with E-state index in [1.54, 1.807) is 55.7 Å². The van der Waals surface area contributed by atoms with Crippen molar-refractivity contribution in [3.63, 3.8) is 0 Å². The van der Waals surface area contributed by atoms with Crippen LogP contribution in [0.15, 0.2) is 49.1 Å². The number of nitrogens with one attached hydrogen (secondary N) is 1. The number of ether oxygens (including phenoxy) is 3. The van der Waals surface area contributed by atoms with Crippen LogP contribution in [0.1, 0.15) is 28.9 Å². The largest absolute Gasteiger partial charge is 0.494 e.